The van der Waals surface area contributed by atoms with E-state index in [0.717, 1.165) is 55.7 Å². The quantitative estimate of drug-likeness (QED) is 0.440. The van der Waals surface area contributed by atoms with Gasteiger partial charge in [0.25, 0.3) is 0 Å². The molecule has 0 atom stereocenters. The van der Waals surface area contributed by atoms with Crippen LogP contribution in [-0.4, -0.2) is 53.6 Å². The zero-order valence-electron chi connectivity index (χ0n) is 18.9. The van der Waals surface area contributed by atoms with Crippen LogP contribution in [0.5, 0.6) is 0 Å². The van der Waals surface area contributed by atoms with Gasteiger partial charge in [0.1, 0.15) is 11.0 Å². The van der Waals surface area contributed by atoms with Gasteiger partial charge in [-0.25, -0.2) is 0 Å². The zero-order valence-corrected chi connectivity index (χ0v) is 19.7. The van der Waals surface area contributed by atoms with Crippen molar-refractivity contribution >= 4 is 28.3 Å². The van der Waals surface area contributed by atoms with Crippen LogP contribution in [0.2, 0.25) is 0 Å². The molecule has 170 valence electrons. The largest absolute Gasteiger partial charge is 0.375 e. The van der Waals surface area contributed by atoms with Gasteiger partial charge in [0.2, 0.25) is 0 Å². The van der Waals surface area contributed by atoms with E-state index < -0.39 is 0 Å². The van der Waals surface area contributed by atoms with Gasteiger partial charge >= 0.3 is 0 Å². The lowest BCUT2D eigenvalue weighted by molar-refractivity contribution is 0.0762. The van der Waals surface area contributed by atoms with Crippen molar-refractivity contribution in [3.63, 3.8) is 0 Å². The van der Waals surface area contributed by atoms with Crippen LogP contribution >= 0.6 is 11.5 Å². The number of aromatic nitrogens is 2. The first-order valence-corrected chi connectivity index (χ1v) is 13.0. The number of piperidine rings is 2. The van der Waals surface area contributed by atoms with Gasteiger partial charge in [-0.2, -0.15) is 4.37 Å². The van der Waals surface area contributed by atoms with E-state index in [1.807, 2.05) is 11.6 Å². The lowest BCUT2D eigenvalue weighted by atomic mass is 9.82. The molecule has 1 aromatic carbocycles. The Kier molecular flexibility index (Phi) is 7.31. The van der Waals surface area contributed by atoms with Crippen LogP contribution in [0.4, 0.5) is 5.69 Å². The molecule has 5 rings (SSSR count). The van der Waals surface area contributed by atoms with Crippen molar-refractivity contribution in [1.29, 1.82) is 0 Å². The number of anilines is 1. The molecule has 0 radical (unpaired) electrons. The molecule has 4 heterocycles. The Hall–Kier alpha value is -2.02. The predicted octanol–water partition coefficient (Wildman–Crippen LogP) is 5.23. The summed E-state index contributed by atoms with van der Waals surface area (Å²) in [6.07, 6.45) is 8.65. The normalized spacial score (nSPS) is 19.1. The molecule has 32 heavy (non-hydrogen) atoms. The molecule has 3 aromatic rings. The van der Waals surface area contributed by atoms with Crippen LogP contribution in [0.1, 0.15) is 37.7 Å². The van der Waals surface area contributed by atoms with E-state index in [9.17, 15) is 0 Å². The van der Waals surface area contributed by atoms with E-state index >= 15 is 0 Å². The van der Waals surface area contributed by atoms with Crippen LogP contribution in [0.25, 0.3) is 11.0 Å². The molecule has 0 saturated carbocycles. The molecule has 0 spiro atoms. The molecule has 6 heteroatoms. The number of hydrogen-bond donors (Lipinski definition) is 0. The van der Waals surface area contributed by atoms with E-state index in [1.54, 1.807) is 0 Å². The maximum Gasteiger partial charge on any atom is 0.126 e. The molecule has 0 amide bonds. The number of hydrogen-bond acceptors (Lipinski definition) is 6. The Balaban J connectivity index is 0.997. The van der Waals surface area contributed by atoms with Crippen LogP contribution in [-0.2, 0) is 11.3 Å². The molecule has 2 aliphatic rings. The number of pyridine rings is 1. The number of fused-ring (bicyclic) bond motifs is 1. The Morgan fingerprint density at radius 1 is 0.938 bits per heavy atom. The summed E-state index contributed by atoms with van der Waals surface area (Å²) in [5.74, 6) is 1.78. The molecule has 5 nitrogen and oxygen atoms in total. The highest BCUT2D eigenvalue weighted by Gasteiger charge is 2.26. The Bertz CT molecular complexity index is 962. The summed E-state index contributed by atoms with van der Waals surface area (Å²) in [6, 6.07) is 12.6. The third kappa shape index (κ3) is 5.48. The predicted molar refractivity (Wildman–Crippen MR) is 132 cm³/mol. The fourth-order valence-corrected chi connectivity index (χ4v) is 5.93. The number of nitrogens with zero attached hydrogens (tertiary/aromatic N) is 4. The lowest BCUT2D eigenvalue weighted by Gasteiger charge is -2.37. The average molecular weight is 451 g/mol. The molecular weight excluding hydrogens is 416 g/mol. The van der Waals surface area contributed by atoms with Gasteiger partial charge in [-0.1, -0.05) is 30.3 Å². The molecule has 2 aliphatic heterocycles. The first-order valence-electron chi connectivity index (χ1n) is 12.1. The molecule has 2 aromatic heterocycles. The Morgan fingerprint density at radius 3 is 2.47 bits per heavy atom. The SMILES string of the molecule is c1ccc(COCCN2CCC(CC3CCN(c4ccnc5csnc45)CC3)CC2)cc1. The highest BCUT2D eigenvalue weighted by molar-refractivity contribution is 7.04. The fraction of sp³-hybridized carbons (Fsp3) is 0.538. The summed E-state index contributed by atoms with van der Waals surface area (Å²) in [6.45, 7) is 7.39. The van der Waals surface area contributed by atoms with Crippen molar-refractivity contribution in [2.45, 2.75) is 38.7 Å². The van der Waals surface area contributed by atoms with E-state index in [2.05, 4.69) is 55.6 Å². The summed E-state index contributed by atoms with van der Waals surface area (Å²) >= 11 is 1.51. The van der Waals surface area contributed by atoms with Crippen LogP contribution in [0.3, 0.4) is 0 Å². The van der Waals surface area contributed by atoms with Gasteiger partial charge in [-0.15, -0.1) is 0 Å². The van der Waals surface area contributed by atoms with Crippen molar-refractivity contribution in [3.05, 3.63) is 53.5 Å². The monoisotopic (exact) mass is 450 g/mol. The standard InChI is InChI=1S/C26H34N4OS/c1-2-4-23(5-3-1)19-31-17-16-29-12-7-21(8-13-29)18-22-9-14-30(15-10-22)25-6-11-27-24-20-32-28-26(24)25/h1-6,11,20-22H,7-10,12-19H2. The minimum absolute atomic E-state index is 0.726. The molecule has 0 unspecified atom stereocenters. The van der Waals surface area contributed by atoms with Crippen molar-refractivity contribution in [3.8, 4) is 0 Å². The molecule has 2 fully saturated rings. The van der Waals surface area contributed by atoms with Crippen molar-refractivity contribution < 1.29 is 4.74 Å². The topological polar surface area (TPSA) is 41.5 Å². The lowest BCUT2D eigenvalue weighted by Crippen LogP contribution is -2.38. The van der Waals surface area contributed by atoms with Crippen LogP contribution in [0.15, 0.2) is 48.0 Å². The summed E-state index contributed by atoms with van der Waals surface area (Å²) in [4.78, 5) is 9.56. The summed E-state index contributed by atoms with van der Waals surface area (Å²) < 4.78 is 10.5. The second-order valence-electron chi connectivity index (χ2n) is 9.37. The van der Waals surface area contributed by atoms with E-state index in [-0.39, 0.29) is 0 Å². The van der Waals surface area contributed by atoms with Crippen molar-refractivity contribution in [1.82, 2.24) is 14.3 Å². The van der Waals surface area contributed by atoms with E-state index in [0.29, 0.717) is 0 Å². The van der Waals surface area contributed by atoms with Crippen LogP contribution in [0, 0.1) is 11.8 Å². The van der Waals surface area contributed by atoms with Gasteiger partial charge in [0.05, 0.1) is 18.9 Å². The number of likely N-dealkylation sites (tertiary alicyclic amines) is 1. The number of ether oxygens (including phenoxy) is 1. The van der Waals surface area contributed by atoms with Crippen LogP contribution < -0.4 is 4.90 Å². The first kappa shape index (κ1) is 21.8. The number of benzene rings is 1. The summed E-state index contributed by atoms with van der Waals surface area (Å²) in [5.41, 5.74) is 4.65. The smallest absolute Gasteiger partial charge is 0.126 e. The Morgan fingerprint density at radius 2 is 1.69 bits per heavy atom. The first-order chi connectivity index (χ1) is 15.8. The third-order valence-corrected chi connectivity index (χ3v) is 7.85. The van der Waals surface area contributed by atoms with Gasteiger partial charge in [0, 0.05) is 31.2 Å². The van der Waals surface area contributed by atoms with Gasteiger partial charge in [-0.3, -0.25) is 4.98 Å². The van der Waals surface area contributed by atoms with E-state index in [1.165, 1.54) is 68.0 Å². The number of rotatable bonds is 8. The second-order valence-corrected chi connectivity index (χ2v) is 10.00. The van der Waals surface area contributed by atoms with Gasteiger partial charge < -0.3 is 14.5 Å². The van der Waals surface area contributed by atoms with E-state index in [4.69, 9.17) is 4.74 Å². The molecule has 2 saturated heterocycles. The molecular formula is C26H34N4OS. The minimum Gasteiger partial charge on any atom is -0.375 e. The molecule has 0 aliphatic carbocycles. The van der Waals surface area contributed by atoms with Gasteiger partial charge in [-0.05, 0) is 80.2 Å². The molecule has 0 bridgehead atoms. The Labute approximate surface area is 195 Å². The zero-order chi connectivity index (χ0) is 21.6. The third-order valence-electron chi connectivity index (χ3n) is 7.23. The van der Waals surface area contributed by atoms with Crippen molar-refractivity contribution in [2.24, 2.45) is 11.8 Å². The second kappa shape index (κ2) is 10.7. The highest BCUT2D eigenvalue weighted by Crippen LogP contribution is 2.33. The maximum absolute atomic E-state index is 5.88. The van der Waals surface area contributed by atoms with Gasteiger partial charge in [0.15, 0.2) is 0 Å². The molecule has 0 N–H and O–H groups in total. The fourth-order valence-electron chi connectivity index (χ4n) is 5.31. The average Bonchev–Trinajstić information content (AvgIpc) is 3.33. The summed E-state index contributed by atoms with van der Waals surface area (Å²) in [5, 5.41) is 2.05. The highest BCUT2D eigenvalue weighted by atomic mass is 32.1. The maximum atomic E-state index is 5.88. The van der Waals surface area contributed by atoms with Crippen molar-refractivity contribution in [2.75, 3.05) is 44.2 Å². The minimum atomic E-state index is 0.726. The summed E-state index contributed by atoms with van der Waals surface area (Å²) in [7, 11) is 0.